The number of rotatable bonds is 2. The summed E-state index contributed by atoms with van der Waals surface area (Å²) in [5.41, 5.74) is 0.984. The molecular weight excluding hydrogens is 482 g/mol. The zero-order chi connectivity index (χ0) is 16.7. The number of aliphatic imine (C=N–C) groups is 1. The quantitative estimate of drug-likeness (QED) is 0.293. The molecule has 4 nitrogen and oxygen atoms in total. The van der Waals surface area contributed by atoms with E-state index in [-0.39, 0.29) is 31.6 Å². The summed E-state index contributed by atoms with van der Waals surface area (Å²) in [7, 11) is 0. The molecular formula is C19H21IrNO3. The first-order chi connectivity index (χ1) is 11.1. The number of carbonyl (C=O) groups excluding carboxylic acids is 1. The van der Waals surface area contributed by atoms with Gasteiger partial charge >= 0.3 is 5.78 Å². The van der Waals surface area contributed by atoms with E-state index in [9.17, 15) is 0 Å². The van der Waals surface area contributed by atoms with Gasteiger partial charge in [-0.25, -0.2) is 0 Å². The predicted molar refractivity (Wildman–Crippen MR) is 93.8 cm³/mol. The number of allylic oxidation sites excluding steroid dienone is 2. The smallest absolute Gasteiger partial charge is 0.316 e. The van der Waals surface area contributed by atoms with Crippen molar-refractivity contribution in [3.8, 4) is 0 Å². The number of aliphatic hydroxyl groups excluding tert-OH is 1. The molecule has 1 heterocycles. The summed E-state index contributed by atoms with van der Waals surface area (Å²) in [6.07, 6.45) is 2.29. The summed E-state index contributed by atoms with van der Waals surface area (Å²) in [5.74, 6) is 0.989. The van der Waals surface area contributed by atoms with Gasteiger partial charge in [0, 0.05) is 26.7 Å². The maximum atomic E-state index is 8.40. The second kappa shape index (κ2) is 10.0. The average Bonchev–Trinajstić information content (AvgIpc) is 2.54. The molecule has 2 aromatic rings. The number of benzene rings is 2. The van der Waals surface area contributed by atoms with E-state index in [0.717, 1.165) is 36.4 Å². The minimum Gasteiger partial charge on any atom is -0.520 e. The fourth-order valence-electron chi connectivity index (χ4n) is 2.25. The number of ketones is 1. The van der Waals surface area contributed by atoms with Crippen LogP contribution in [-0.4, -0.2) is 34.7 Å². The Balaban J connectivity index is 0.000000312. The zero-order valence-electron chi connectivity index (χ0n) is 13.7. The van der Waals surface area contributed by atoms with Crippen molar-refractivity contribution < 1.29 is 34.7 Å². The first kappa shape index (κ1) is 20.1. The van der Waals surface area contributed by atoms with Gasteiger partial charge in [0.15, 0.2) is 0 Å². The number of hydrogen-bond acceptors (Lipinski definition) is 3. The van der Waals surface area contributed by atoms with Crippen molar-refractivity contribution in [1.29, 1.82) is 0 Å². The van der Waals surface area contributed by atoms with Crippen LogP contribution in [0.2, 0.25) is 0 Å². The van der Waals surface area contributed by atoms with Crippen molar-refractivity contribution in [2.24, 2.45) is 4.99 Å². The molecule has 0 saturated heterocycles. The molecule has 0 spiro atoms. The zero-order valence-corrected chi connectivity index (χ0v) is 16.1. The fourth-order valence-corrected chi connectivity index (χ4v) is 2.25. The second-order valence-corrected chi connectivity index (χ2v) is 5.26. The molecule has 2 aromatic carbocycles. The van der Waals surface area contributed by atoms with Crippen LogP contribution in [0.1, 0.15) is 25.8 Å². The monoisotopic (exact) mass is 504 g/mol. The van der Waals surface area contributed by atoms with Gasteiger partial charge in [-0.2, -0.15) is 0 Å². The van der Waals surface area contributed by atoms with E-state index in [2.05, 4.69) is 29.3 Å². The van der Waals surface area contributed by atoms with Crippen molar-refractivity contribution >= 4 is 22.5 Å². The number of ether oxygens (including phenoxy) is 1. The molecule has 0 aliphatic carbocycles. The fraction of sp³-hybridized carbons (Fsp3) is 0.263. The van der Waals surface area contributed by atoms with Gasteiger partial charge in [0.05, 0.1) is 25.4 Å². The Kier molecular flexibility index (Phi) is 8.37. The molecule has 0 saturated carbocycles. The second-order valence-electron chi connectivity index (χ2n) is 5.26. The third-order valence-electron chi connectivity index (χ3n) is 3.15. The van der Waals surface area contributed by atoms with Crippen LogP contribution in [0.4, 0.5) is 0 Å². The van der Waals surface area contributed by atoms with E-state index < -0.39 is 0 Å². The Morgan fingerprint density at radius 3 is 2.62 bits per heavy atom. The number of nitrogens with zero attached hydrogens (tertiary/aromatic N) is 1. The molecule has 5 heteroatoms. The summed E-state index contributed by atoms with van der Waals surface area (Å²) >= 11 is 0. The van der Waals surface area contributed by atoms with Gasteiger partial charge in [-0.05, 0) is 13.3 Å². The molecule has 1 aliphatic rings. The topological polar surface area (TPSA) is 63.2 Å². The Labute approximate surface area is 155 Å². The van der Waals surface area contributed by atoms with Crippen LogP contribution in [-0.2, 0) is 24.8 Å². The van der Waals surface area contributed by atoms with Crippen LogP contribution in [0.15, 0.2) is 53.2 Å². The maximum absolute atomic E-state index is 8.40. The van der Waals surface area contributed by atoms with Crippen molar-refractivity contribution in [3.05, 3.63) is 59.9 Å². The first-order valence-corrected chi connectivity index (χ1v) is 7.55. The minimum atomic E-state index is 0. The summed E-state index contributed by atoms with van der Waals surface area (Å²) in [4.78, 5) is 12.8. The molecule has 0 fully saturated rings. The molecule has 1 aliphatic heterocycles. The van der Waals surface area contributed by atoms with Crippen LogP contribution in [0.3, 0.4) is 0 Å². The van der Waals surface area contributed by atoms with Crippen molar-refractivity contribution in [2.75, 3.05) is 13.2 Å². The van der Waals surface area contributed by atoms with Crippen LogP contribution < -0.4 is 0 Å². The summed E-state index contributed by atoms with van der Waals surface area (Å²) in [6.45, 7) is 4.61. The Morgan fingerprint density at radius 2 is 2.04 bits per heavy atom. The van der Waals surface area contributed by atoms with Crippen LogP contribution in [0.5, 0.6) is 0 Å². The normalized spacial score (nSPS) is 13.8. The molecule has 0 bridgehead atoms. The average molecular weight is 504 g/mol. The molecule has 0 aromatic heterocycles. The molecule has 0 atom stereocenters. The Morgan fingerprint density at radius 1 is 1.29 bits per heavy atom. The SMILES string of the molecule is CC(=[OH+])/C=C(/C)O.[Ir].[c-]1ccc2ccccc2c1C1=NCCCO1. The van der Waals surface area contributed by atoms with Gasteiger partial charge in [-0.3, -0.25) is 9.79 Å². The van der Waals surface area contributed by atoms with Gasteiger partial charge in [-0.15, -0.1) is 23.6 Å². The van der Waals surface area contributed by atoms with E-state index in [0.29, 0.717) is 0 Å². The van der Waals surface area contributed by atoms with Crippen LogP contribution in [0, 0.1) is 6.07 Å². The van der Waals surface area contributed by atoms with E-state index >= 15 is 0 Å². The minimum absolute atomic E-state index is 0. The Hall–Kier alpha value is -1.97. The van der Waals surface area contributed by atoms with Crippen molar-refractivity contribution in [1.82, 2.24) is 0 Å². The molecule has 24 heavy (non-hydrogen) atoms. The van der Waals surface area contributed by atoms with E-state index in [1.54, 1.807) is 0 Å². The van der Waals surface area contributed by atoms with Gasteiger partial charge < -0.3 is 9.84 Å². The third-order valence-corrected chi connectivity index (χ3v) is 3.15. The van der Waals surface area contributed by atoms with Gasteiger partial charge in [0.2, 0.25) is 0 Å². The molecule has 2 N–H and O–H groups in total. The predicted octanol–water partition coefficient (Wildman–Crippen LogP) is 3.82. The molecule has 129 valence electrons. The summed E-state index contributed by atoms with van der Waals surface area (Å²) in [6, 6.07) is 15.5. The van der Waals surface area contributed by atoms with Gasteiger partial charge in [0.25, 0.3) is 0 Å². The first-order valence-electron chi connectivity index (χ1n) is 7.55. The van der Waals surface area contributed by atoms with Crippen molar-refractivity contribution in [3.63, 3.8) is 0 Å². The third kappa shape index (κ3) is 5.91. The standard InChI is InChI=1S/C14H12NO.C5H8O2.Ir/c1-2-7-12-11(5-1)6-3-8-13(12)14-15-9-4-10-16-14;1-4(6)3-5(2)7;/h1-3,5-7H,4,9-10H2;3,6H,1-2H3;/q-1;;/p+1/b;4-3-;. The van der Waals surface area contributed by atoms with E-state index in [4.69, 9.17) is 14.6 Å². The molecule has 1 radical (unpaired) electrons. The molecule has 0 amide bonds. The van der Waals surface area contributed by atoms with Crippen LogP contribution >= 0.6 is 0 Å². The van der Waals surface area contributed by atoms with Gasteiger partial charge in [0.1, 0.15) is 5.90 Å². The molecule has 0 unspecified atom stereocenters. The number of hydrogen-bond donors (Lipinski definition) is 1. The van der Waals surface area contributed by atoms with E-state index in [1.807, 2.05) is 18.2 Å². The number of fused-ring (bicyclic) bond motifs is 1. The van der Waals surface area contributed by atoms with Crippen molar-refractivity contribution in [2.45, 2.75) is 20.3 Å². The van der Waals surface area contributed by atoms with E-state index in [1.165, 1.54) is 25.3 Å². The number of aliphatic hydroxyl groups is 1. The van der Waals surface area contributed by atoms with Crippen LogP contribution in [0.25, 0.3) is 10.8 Å². The van der Waals surface area contributed by atoms with Gasteiger partial charge in [-0.1, -0.05) is 35.2 Å². The maximum Gasteiger partial charge on any atom is 0.316 e. The Bertz CT molecular complexity index is 744. The summed E-state index contributed by atoms with van der Waals surface area (Å²) < 4.78 is 5.59. The molecule has 3 rings (SSSR count). The summed E-state index contributed by atoms with van der Waals surface area (Å²) in [5, 5.41) is 10.8. The largest absolute Gasteiger partial charge is 0.520 e.